The molecule has 4 amide bonds. The maximum atomic E-state index is 14.5. The van der Waals surface area contributed by atoms with E-state index in [-0.39, 0.29) is 69.7 Å². The first-order valence-electron chi connectivity index (χ1n) is 28.3. The Morgan fingerprint density at radius 1 is 0.543 bits per heavy atom. The fourth-order valence-corrected chi connectivity index (χ4v) is 12.4. The van der Waals surface area contributed by atoms with Crippen molar-refractivity contribution in [3.63, 3.8) is 0 Å². The molecule has 0 unspecified atom stereocenters. The van der Waals surface area contributed by atoms with Crippen LogP contribution in [0.2, 0.25) is 36.3 Å². The predicted molar refractivity (Wildman–Crippen MR) is 330 cm³/mol. The van der Waals surface area contributed by atoms with Gasteiger partial charge in [0.1, 0.15) is 13.2 Å². The molecule has 0 saturated carbocycles. The molecule has 4 aromatic carbocycles. The van der Waals surface area contributed by atoms with Crippen molar-refractivity contribution in [1.82, 2.24) is 9.80 Å². The average molecular weight is 1190 g/mol. The van der Waals surface area contributed by atoms with E-state index < -0.39 is 28.8 Å². The van der Waals surface area contributed by atoms with Gasteiger partial charge in [-0.1, -0.05) is 77.9 Å². The van der Waals surface area contributed by atoms with Gasteiger partial charge >= 0.3 is 12.2 Å². The fraction of sp³-hybridized carbons (Fsp3) is 0.541. The van der Waals surface area contributed by atoms with Gasteiger partial charge in [-0.15, -0.1) is 23.5 Å². The van der Waals surface area contributed by atoms with Crippen molar-refractivity contribution >= 4 is 75.5 Å². The van der Waals surface area contributed by atoms with E-state index in [2.05, 4.69) is 78.4 Å². The minimum Gasteiger partial charge on any atom is -0.493 e. The number of anilines is 2. The van der Waals surface area contributed by atoms with E-state index >= 15 is 0 Å². The molecule has 0 bridgehead atoms. The van der Waals surface area contributed by atoms with Crippen LogP contribution in [-0.4, -0.2) is 141 Å². The molecule has 16 nitrogen and oxygen atoms in total. The standard InChI is InChI=1S/C61H88N4O12S2Si2/c1-60(2,3)80(9,10)76-42-44-24-22-30-64(44)56(66)48-38-52(70-7)54(40-50(48)62-58(68)74-34-36-78-46-26-16-13-17-27-46)72-32-20-15-21-33-73-55-41-51(63-59(69)75-35-37-79-47-28-18-14-19-29-47)49(39-53(55)71-8)57(67)65-31-23-25-45(65)43-77-81(11,12)61(4,5)6/h13-14,16-19,26-29,38-41,44-45H,15,20-25,30-37,42-43H2,1-12H3,(H,62,68)(H,63,69)/t44-,45-/m0/s1. The Kier molecular flexibility index (Phi) is 24.2. The molecule has 20 heteroatoms. The Morgan fingerprint density at radius 3 is 1.28 bits per heavy atom. The number of amides is 4. The van der Waals surface area contributed by atoms with Crippen LogP contribution in [0.3, 0.4) is 0 Å². The lowest BCUT2D eigenvalue weighted by molar-refractivity contribution is 0.0678. The summed E-state index contributed by atoms with van der Waals surface area (Å²) in [5, 5.41) is 5.74. The quantitative estimate of drug-likeness (QED) is 0.0312. The van der Waals surface area contributed by atoms with Crippen molar-refractivity contribution in [3.05, 3.63) is 96.1 Å². The van der Waals surface area contributed by atoms with Crippen molar-refractivity contribution in [3.8, 4) is 23.0 Å². The Bertz CT molecular complexity index is 2510. The molecule has 6 rings (SSSR count). The largest absolute Gasteiger partial charge is 0.493 e. The van der Waals surface area contributed by atoms with E-state index in [1.165, 1.54) is 14.2 Å². The zero-order valence-electron chi connectivity index (χ0n) is 49.9. The molecule has 0 aliphatic carbocycles. The van der Waals surface area contributed by atoms with Crippen LogP contribution < -0.4 is 29.6 Å². The highest BCUT2D eigenvalue weighted by atomic mass is 32.2. The second-order valence-corrected chi connectivity index (χ2v) is 35.4. The molecule has 444 valence electrons. The smallest absolute Gasteiger partial charge is 0.411 e. The van der Waals surface area contributed by atoms with Crippen LogP contribution in [0.1, 0.15) is 107 Å². The number of hydrogen-bond acceptors (Lipinski definition) is 14. The molecule has 2 saturated heterocycles. The van der Waals surface area contributed by atoms with Crippen molar-refractivity contribution in [2.45, 2.75) is 145 Å². The van der Waals surface area contributed by atoms with Gasteiger partial charge in [-0.3, -0.25) is 20.2 Å². The molecule has 2 N–H and O–H groups in total. The van der Waals surface area contributed by atoms with Crippen LogP contribution in [0.5, 0.6) is 23.0 Å². The summed E-state index contributed by atoms with van der Waals surface area (Å²) >= 11 is 3.16. The number of nitrogens with one attached hydrogen (secondary N) is 2. The average Bonchev–Trinajstić information content (AvgIpc) is 4.16. The van der Waals surface area contributed by atoms with Crippen LogP contribution in [0.4, 0.5) is 21.0 Å². The van der Waals surface area contributed by atoms with Gasteiger partial charge in [0.25, 0.3) is 11.8 Å². The molecule has 2 fully saturated rings. The molecule has 4 aromatic rings. The molecule has 2 heterocycles. The molecule has 2 aliphatic heterocycles. The van der Waals surface area contributed by atoms with Gasteiger partial charge in [-0.2, -0.15) is 0 Å². The zero-order valence-corrected chi connectivity index (χ0v) is 53.5. The van der Waals surface area contributed by atoms with Gasteiger partial charge in [-0.25, -0.2) is 9.59 Å². The lowest BCUT2D eigenvalue weighted by atomic mass is 10.1. The highest BCUT2D eigenvalue weighted by Gasteiger charge is 2.41. The summed E-state index contributed by atoms with van der Waals surface area (Å²) < 4.78 is 48.7. The second kappa shape index (κ2) is 30.2. The second-order valence-electron chi connectivity index (χ2n) is 23.4. The normalized spacial score (nSPS) is 15.8. The predicted octanol–water partition coefficient (Wildman–Crippen LogP) is 14.3. The maximum Gasteiger partial charge on any atom is 0.411 e. The molecule has 81 heavy (non-hydrogen) atoms. The molecular formula is C61H88N4O12S2Si2. The van der Waals surface area contributed by atoms with Crippen molar-refractivity contribution in [2.75, 3.05) is 89.1 Å². The third-order valence-corrected chi connectivity index (χ3v) is 26.6. The first-order valence-corrected chi connectivity index (χ1v) is 36.1. The van der Waals surface area contributed by atoms with Crippen LogP contribution in [-0.2, 0) is 18.3 Å². The number of rotatable bonds is 28. The van der Waals surface area contributed by atoms with Crippen LogP contribution in [0, 0.1) is 0 Å². The van der Waals surface area contributed by atoms with E-state index in [0.29, 0.717) is 93.3 Å². The van der Waals surface area contributed by atoms with Gasteiger partial charge in [0.15, 0.2) is 39.6 Å². The van der Waals surface area contributed by atoms with Crippen molar-refractivity contribution in [2.24, 2.45) is 0 Å². The van der Waals surface area contributed by atoms with E-state index in [1.807, 2.05) is 70.5 Å². The molecular weight excluding hydrogens is 1100 g/mol. The highest BCUT2D eigenvalue weighted by molar-refractivity contribution is 7.99. The SMILES string of the molecule is COc1cc(C(=O)N2CCC[C@H]2CO[Si](C)(C)C(C)(C)C)c(NC(=O)OCCSc2ccccc2)cc1OCCCCCOc1cc(NC(=O)OCCSc2ccccc2)c(C(=O)N2CCC[C@H]2CO[Si](C)(C)C(C)(C)C)cc1OC. The van der Waals surface area contributed by atoms with Crippen LogP contribution in [0.15, 0.2) is 94.7 Å². The molecule has 0 spiro atoms. The summed E-state index contributed by atoms with van der Waals surface area (Å²) in [4.78, 5) is 61.7. The number of thioether (sulfide) groups is 2. The molecule has 2 atom stereocenters. The summed E-state index contributed by atoms with van der Waals surface area (Å²) in [7, 11) is -1.13. The lowest BCUT2D eigenvalue weighted by Crippen LogP contribution is -2.46. The summed E-state index contributed by atoms with van der Waals surface area (Å²) in [5.41, 5.74) is 1.03. The minimum absolute atomic E-state index is 0.0178. The Morgan fingerprint density at radius 2 is 0.926 bits per heavy atom. The zero-order chi connectivity index (χ0) is 58.8. The number of benzene rings is 4. The monoisotopic (exact) mass is 1190 g/mol. The van der Waals surface area contributed by atoms with Crippen LogP contribution >= 0.6 is 23.5 Å². The Hall–Kier alpha value is -5.39. The fourth-order valence-electron chi connectivity index (χ4n) is 8.79. The van der Waals surface area contributed by atoms with Gasteiger partial charge < -0.3 is 47.1 Å². The summed E-state index contributed by atoms with van der Waals surface area (Å²) in [6.45, 7) is 24.9. The first-order chi connectivity index (χ1) is 38.5. The van der Waals surface area contributed by atoms with E-state index in [1.54, 1.807) is 47.8 Å². The van der Waals surface area contributed by atoms with Crippen molar-refractivity contribution in [1.29, 1.82) is 0 Å². The molecule has 0 radical (unpaired) electrons. The number of unbranched alkanes of at least 4 members (excludes halogenated alkanes) is 2. The van der Waals surface area contributed by atoms with Gasteiger partial charge in [-0.05, 0) is 118 Å². The first kappa shape index (κ1) is 64.8. The minimum atomic E-state index is -2.09. The number of methoxy groups -OCH3 is 2. The number of ether oxygens (including phenoxy) is 6. The number of nitrogens with zero attached hydrogens (tertiary/aromatic N) is 2. The lowest BCUT2D eigenvalue weighted by Gasteiger charge is -2.38. The highest BCUT2D eigenvalue weighted by Crippen LogP contribution is 2.41. The van der Waals surface area contributed by atoms with Gasteiger partial charge in [0.2, 0.25) is 0 Å². The number of carbonyl (C=O) groups is 4. The van der Waals surface area contributed by atoms with Gasteiger partial charge in [0.05, 0.1) is 75.2 Å². The molecule has 0 aromatic heterocycles. The Balaban J connectivity index is 1.11. The van der Waals surface area contributed by atoms with Crippen LogP contribution in [0.25, 0.3) is 0 Å². The maximum absolute atomic E-state index is 14.5. The van der Waals surface area contributed by atoms with E-state index in [9.17, 15) is 19.2 Å². The van der Waals surface area contributed by atoms with Crippen molar-refractivity contribution < 1.29 is 56.5 Å². The molecule has 2 aliphatic rings. The number of carbonyl (C=O) groups excluding carboxylic acids is 4. The summed E-state index contributed by atoms with van der Waals surface area (Å²) in [6, 6.07) is 26.0. The third kappa shape index (κ3) is 18.8. The van der Waals surface area contributed by atoms with E-state index in [0.717, 1.165) is 35.5 Å². The Labute approximate surface area is 492 Å². The van der Waals surface area contributed by atoms with Gasteiger partial charge in [0, 0.05) is 46.5 Å². The topological polar surface area (TPSA) is 173 Å². The number of hydrogen-bond donors (Lipinski definition) is 2. The third-order valence-electron chi connectivity index (χ3n) is 15.7. The summed E-state index contributed by atoms with van der Waals surface area (Å²) in [6.07, 6.45) is 3.88. The number of likely N-dealkylation sites (tertiary alicyclic amines) is 2. The van der Waals surface area contributed by atoms with E-state index in [4.69, 9.17) is 37.3 Å². The summed E-state index contributed by atoms with van der Waals surface area (Å²) in [5.74, 6) is 2.03.